The smallest absolute Gasteiger partial charge is 0.292 e. The molecular formula is C16H23N3O3S. The van der Waals surface area contributed by atoms with Crippen LogP contribution in [0.4, 0.5) is 0 Å². The van der Waals surface area contributed by atoms with Crippen LogP contribution in [-0.4, -0.2) is 47.0 Å². The number of aromatic nitrogens is 2. The minimum Gasteiger partial charge on any atom is -0.292 e. The first-order valence-corrected chi connectivity index (χ1v) is 9.84. The zero-order valence-corrected chi connectivity index (χ0v) is 14.4. The Balaban J connectivity index is 1.94. The van der Waals surface area contributed by atoms with E-state index < -0.39 is 9.84 Å². The number of para-hydroxylation sites is 2. The van der Waals surface area contributed by atoms with E-state index in [-0.39, 0.29) is 23.2 Å². The fourth-order valence-corrected chi connectivity index (χ4v) is 5.12. The van der Waals surface area contributed by atoms with Crippen LogP contribution in [0.2, 0.25) is 0 Å². The Kier molecular flexibility index (Phi) is 4.33. The van der Waals surface area contributed by atoms with E-state index in [1.165, 1.54) is 0 Å². The maximum Gasteiger partial charge on any atom is 0.330 e. The van der Waals surface area contributed by atoms with E-state index in [9.17, 15) is 13.2 Å². The molecule has 1 aliphatic rings. The number of imidazole rings is 1. The van der Waals surface area contributed by atoms with Crippen LogP contribution in [0.15, 0.2) is 29.1 Å². The van der Waals surface area contributed by atoms with Gasteiger partial charge in [-0.05, 0) is 32.0 Å². The van der Waals surface area contributed by atoms with Gasteiger partial charge in [-0.1, -0.05) is 19.1 Å². The van der Waals surface area contributed by atoms with Crippen LogP contribution in [0.3, 0.4) is 0 Å². The predicted octanol–water partition coefficient (Wildman–Crippen LogP) is 1.29. The second-order valence-electron chi connectivity index (χ2n) is 6.31. The summed E-state index contributed by atoms with van der Waals surface area (Å²) >= 11 is 0. The van der Waals surface area contributed by atoms with Crippen molar-refractivity contribution in [3.63, 3.8) is 0 Å². The molecule has 23 heavy (non-hydrogen) atoms. The van der Waals surface area contributed by atoms with Crippen LogP contribution in [0.25, 0.3) is 11.0 Å². The Morgan fingerprint density at radius 2 is 1.87 bits per heavy atom. The number of benzene rings is 1. The highest BCUT2D eigenvalue weighted by molar-refractivity contribution is 7.91. The highest BCUT2D eigenvalue weighted by atomic mass is 32.2. The van der Waals surface area contributed by atoms with Gasteiger partial charge in [-0.15, -0.1) is 0 Å². The Morgan fingerprint density at radius 1 is 1.22 bits per heavy atom. The van der Waals surface area contributed by atoms with Crippen LogP contribution in [0, 0.1) is 0 Å². The number of nitrogens with zero attached hydrogens (tertiary/aromatic N) is 3. The highest BCUT2D eigenvalue weighted by Crippen LogP contribution is 2.19. The zero-order valence-electron chi connectivity index (χ0n) is 13.6. The fourth-order valence-electron chi connectivity index (χ4n) is 3.31. The molecule has 3 rings (SSSR count). The summed E-state index contributed by atoms with van der Waals surface area (Å²) in [6.07, 6.45) is 1.53. The summed E-state index contributed by atoms with van der Waals surface area (Å²) in [5.74, 6) is 0.431. The topological polar surface area (TPSA) is 64.3 Å². The molecule has 0 radical (unpaired) electrons. The third kappa shape index (κ3) is 3.07. The van der Waals surface area contributed by atoms with Crippen molar-refractivity contribution in [2.75, 3.05) is 18.6 Å². The van der Waals surface area contributed by atoms with E-state index in [4.69, 9.17) is 0 Å². The second-order valence-corrected chi connectivity index (χ2v) is 8.53. The van der Waals surface area contributed by atoms with Gasteiger partial charge in [0, 0.05) is 12.6 Å². The largest absolute Gasteiger partial charge is 0.330 e. The first kappa shape index (κ1) is 16.3. The van der Waals surface area contributed by atoms with Gasteiger partial charge in [0.25, 0.3) is 0 Å². The van der Waals surface area contributed by atoms with Crippen molar-refractivity contribution >= 4 is 20.9 Å². The molecule has 1 fully saturated rings. The summed E-state index contributed by atoms with van der Waals surface area (Å²) < 4.78 is 26.9. The van der Waals surface area contributed by atoms with Gasteiger partial charge in [0.05, 0.1) is 29.2 Å². The maximum atomic E-state index is 12.7. The van der Waals surface area contributed by atoms with Crippen LogP contribution in [-0.2, 0) is 23.1 Å². The summed E-state index contributed by atoms with van der Waals surface area (Å²) in [6.45, 7) is 3.15. The number of rotatable bonds is 5. The molecule has 126 valence electrons. The molecule has 1 atom stereocenters. The molecule has 0 bridgehead atoms. The standard InChI is InChI=1S/C16H23N3O3S/c1-3-9-18-14-6-4-5-7-15(14)19(16(18)20)12-17(2)13-8-10-23(21,22)11-13/h4-7,13H,3,8-12H2,1-2H3/t13-/m0/s1. The van der Waals surface area contributed by atoms with E-state index in [0.717, 1.165) is 17.5 Å². The zero-order chi connectivity index (χ0) is 16.6. The van der Waals surface area contributed by atoms with Crippen molar-refractivity contribution in [2.24, 2.45) is 0 Å². The molecule has 0 unspecified atom stereocenters. The van der Waals surface area contributed by atoms with Crippen molar-refractivity contribution < 1.29 is 8.42 Å². The van der Waals surface area contributed by atoms with E-state index in [1.807, 2.05) is 43.1 Å². The van der Waals surface area contributed by atoms with Gasteiger partial charge in [0.15, 0.2) is 9.84 Å². The SMILES string of the molecule is CCCn1c(=O)n(CN(C)[C@H]2CCS(=O)(=O)C2)c2ccccc21. The number of aryl methyl sites for hydroxylation is 1. The van der Waals surface area contributed by atoms with Crippen molar-refractivity contribution in [2.45, 2.75) is 39.0 Å². The predicted molar refractivity (Wildman–Crippen MR) is 91.3 cm³/mol. The Morgan fingerprint density at radius 3 is 2.43 bits per heavy atom. The third-order valence-corrected chi connectivity index (χ3v) is 6.32. The van der Waals surface area contributed by atoms with Gasteiger partial charge in [-0.3, -0.25) is 14.0 Å². The number of sulfone groups is 1. The molecule has 0 spiro atoms. The molecule has 1 aromatic carbocycles. The molecule has 1 saturated heterocycles. The molecule has 0 amide bonds. The quantitative estimate of drug-likeness (QED) is 0.825. The van der Waals surface area contributed by atoms with Gasteiger partial charge in [0.2, 0.25) is 0 Å². The van der Waals surface area contributed by atoms with Gasteiger partial charge >= 0.3 is 5.69 Å². The van der Waals surface area contributed by atoms with Gasteiger partial charge in [-0.25, -0.2) is 13.2 Å². The maximum absolute atomic E-state index is 12.7. The monoisotopic (exact) mass is 337 g/mol. The van der Waals surface area contributed by atoms with E-state index >= 15 is 0 Å². The van der Waals surface area contributed by atoms with E-state index in [2.05, 4.69) is 0 Å². The van der Waals surface area contributed by atoms with Gasteiger partial charge in [0.1, 0.15) is 0 Å². The van der Waals surface area contributed by atoms with E-state index in [0.29, 0.717) is 19.6 Å². The summed E-state index contributed by atoms with van der Waals surface area (Å²) in [4.78, 5) is 14.7. The van der Waals surface area contributed by atoms with Crippen molar-refractivity contribution in [3.8, 4) is 0 Å². The Hall–Kier alpha value is -1.60. The highest BCUT2D eigenvalue weighted by Gasteiger charge is 2.31. The summed E-state index contributed by atoms with van der Waals surface area (Å²) in [5.41, 5.74) is 1.81. The molecule has 2 heterocycles. The van der Waals surface area contributed by atoms with Crippen molar-refractivity contribution in [1.29, 1.82) is 0 Å². The minimum absolute atomic E-state index is 0.0137. The molecule has 2 aromatic rings. The molecule has 0 saturated carbocycles. The Bertz CT molecular complexity index is 866. The number of hydrogen-bond acceptors (Lipinski definition) is 4. The molecule has 0 N–H and O–H groups in total. The van der Waals surface area contributed by atoms with Gasteiger partial charge < -0.3 is 0 Å². The third-order valence-electron chi connectivity index (χ3n) is 4.57. The van der Waals surface area contributed by atoms with Crippen molar-refractivity contribution in [3.05, 3.63) is 34.7 Å². The molecule has 6 nitrogen and oxygen atoms in total. The average molecular weight is 337 g/mol. The van der Waals surface area contributed by atoms with E-state index in [1.54, 1.807) is 9.13 Å². The lowest BCUT2D eigenvalue weighted by atomic mass is 10.2. The average Bonchev–Trinajstić information content (AvgIpc) is 3.00. The lowest BCUT2D eigenvalue weighted by molar-refractivity contribution is 0.208. The second kappa shape index (κ2) is 6.13. The van der Waals surface area contributed by atoms with Crippen LogP contribution >= 0.6 is 0 Å². The van der Waals surface area contributed by atoms with Crippen LogP contribution < -0.4 is 5.69 Å². The summed E-state index contributed by atoms with van der Waals surface area (Å²) in [7, 11) is -1.03. The Labute approximate surface area is 136 Å². The normalized spacial score (nSPS) is 20.6. The number of hydrogen-bond donors (Lipinski definition) is 0. The van der Waals surface area contributed by atoms with Crippen LogP contribution in [0.1, 0.15) is 19.8 Å². The minimum atomic E-state index is -2.92. The van der Waals surface area contributed by atoms with Crippen LogP contribution in [0.5, 0.6) is 0 Å². The first-order valence-electron chi connectivity index (χ1n) is 8.01. The lowest BCUT2D eigenvalue weighted by Crippen LogP contribution is -2.37. The lowest BCUT2D eigenvalue weighted by Gasteiger charge is -2.23. The first-order chi connectivity index (χ1) is 10.9. The molecule has 1 aliphatic heterocycles. The number of fused-ring (bicyclic) bond motifs is 1. The van der Waals surface area contributed by atoms with Crippen molar-refractivity contribution in [1.82, 2.24) is 14.0 Å². The molecule has 0 aliphatic carbocycles. The molecule has 7 heteroatoms. The fraction of sp³-hybridized carbons (Fsp3) is 0.562. The van der Waals surface area contributed by atoms with Gasteiger partial charge in [-0.2, -0.15) is 0 Å². The summed E-state index contributed by atoms with van der Waals surface area (Å²) in [5, 5.41) is 0. The molecule has 1 aromatic heterocycles. The molecular weight excluding hydrogens is 314 g/mol. The summed E-state index contributed by atoms with van der Waals surface area (Å²) in [6, 6.07) is 7.76.